The van der Waals surface area contributed by atoms with E-state index in [0.717, 1.165) is 18.7 Å². The van der Waals surface area contributed by atoms with Crippen LogP contribution in [-0.2, 0) is 4.74 Å². The van der Waals surface area contributed by atoms with E-state index >= 15 is 0 Å². The number of hydrogen-bond donors (Lipinski definition) is 2. The predicted octanol–water partition coefficient (Wildman–Crippen LogP) is 1.47. The quantitative estimate of drug-likeness (QED) is 0.725. The van der Waals surface area contributed by atoms with Crippen LogP contribution in [0.5, 0.6) is 0 Å². The highest BCUT2D eigenvalue weighted by Crippen LogP contribution is 2.32. The summed E-state index contributed by atoms with van der Waals surface area (Å²) in [6.07, 6.45) is 2.53. The number of aliphatic hydroxyl groups is 1. The van der Waals surface area contributed by atoms with Crippen molar-refractivity contribution in [2.24, 2.45) is 5.92 Å². The van der Waals surface area contributed by atoms with Crippen LogP contribution < -0.4 is 0 Å². The van der Waals surface area contributed by atoms with Gasteiger partial charge < -0.3 is 14.8 Å². The van der Waals surface area contributed by atoms with Crippen LogP contribution in [0.4, 0.5) is 0 Å². The standard InChI is InChI=1S/C10H15NO2/c1-7-8(4-6-13-7)10(12)9-3-2-5-11-9/h2-3,5,7-8,10-12H,4,6H2,1H3. The van der Waals surface area contributed by atoms with Crippen molar-refractivity contribution in [2.75, 3.05) is 6.61 Å². The molecule has 72 valence electrons. The van der Waals surface area contributed by atoms with Gasteiger partial charge in [0.15, 0.2) is 0 Å². The lowest BCUT2D eigenvalue weighted by atomic mass is 9.94. The van der Waals surface area contributed by atoms with Crippen molar-refractivity contribution in [2.45, 2.75) is 25.6 Å². The summed E-state index contributed by atoms with van der Waals surface area (Å²) in [5, 5.41) is 9.97. The van der Waals surface area contributed by atoms with Gasteiger partial charge in [-0.15, -0.1) is 0 Å². The number of rotatable bonds is 2. The van der Waals surface area contributed by atoms with Crippen molar-refractivity contribution in [3.63, 3.8) is 0 Å². The van der Waals surface area contributed by atoms with Crippen LogP contribution in [0.3, 0.4) is 0 Å². The van der Waals surface area contributed by atoms with Gasteiger partial charge in [-0.05, 0) is 25.5 Å². The zero-order valence-corrected chi connectivity index (χ0v) is 7.73. The Balaban J connectivity index is 2.08. The Morgan fingerprint density at radius 3 is 3.08 bits per heavy atom. The first-order chi connectivity index (χ1) is 6.29. The second-order valence-electron chi connectivity index (χ2n) is 3.60. The molecule has 0 aliphatic carbocycles. The van der Waals surface area contributed by atoms with Gasteiger partial charge in [0.2, 0.25) is 0 Å². The van der Waals surface area contributed by atoms with E-state index in [9.17, 15) is 5.11 Å². The number of H-pyrrole nitrogens is 1. The Kier molecular flexibility index (Phi) is 2.38. The highest BCUT2D eigenvalue weighted by molar-refractivity contribution is 5.09. The highest BCUT2D eigenvalue weighted by Gasteiger charge is 2.31. The van der Waals surface area contributed by atoms with Crippen LogP contribution in [0.1, 0.15) is 25.1 Å². The molecule has 2 rings (SSSR count). The molecule has 0 amide bonds. The van der Waals surface area contributed by atoms with Gasteiger partial charge in [-0.25, -0.2) is 0 Å². The number of nitrogens with one attached hydrogen (secondary N) is 1. The minimum Gasteiger partial charge on any atom is -0.387 e. The molecule has 0 saturated carbocycles. The van der Waals surface area contributed by atoms with E-state index in [1.165, 1.54) is 0 Å². The van der Waals surface area contributed by atoms with E-state index in [-0.39, 0.29) is 12.0 Å². The van der Waals surface area contributed by atoms with E-state index in [1.807, 2.05) is 25.3 Å². The van der Waals surface area contributed by atoms with Crippen molar-refractivity contribution < 1.29 is 9.84 Å². The second kappa shape index (κ2) is 3.52. The zero-order valence-electron chi connectivity index (χ0n) is 7.73. The third-order valence-electron chi connectivity index (χ3n) is 2.78. The van der Waals surface area contributed by atoms with Gasteiger partial charge >= 0.3 is 0 Å². The summed E-state index contributed by atoms with van der Waals surface area (Å²) in [5.74, 6) is 0.235. The molecular formula is C10H15NO2. The molecule has 1 aromatic heterocycles. The third kappa shape index (κ3) is 1.62. The normalized spacial score (nSPS) is 30.6. The fourth-order valence-electron chi connectivity index (χ4n) is 1.92. The average Bonchev–Trinajstić information content (AvgIpc) is 2.72. The minimum absolute atomic E-state index is 0.165. The molecule has 3 nitrogen and oxygen atoms in total. The molecule has 0 aromatic carbocycles. The largest absolute Gasteiger partial charge is 0.387 e. The molecule has 3 unspecified atom stereocenters. The maximum atomic E-state index is 9.97. The van der Waals surface area contributed by atoms with Gasteiger partial charge in [-0.2, -0.15) is 0 Å². The summed E-state index contributed by atoms with van der Waals surface area (Å²) in [5.41, 5.74) is 0.891. The van der Waals surface area contributed by atoms with Crippen LogP contribution in [0.15, 0.2) is 18.3 Å². The second-order valence-corrected chi connectivity index (χ2v) is 3.60. The minimum atomic E-state index is -0.410. The summed E-state index contributed by atoms with van der Waals surface area (Å²) < 4.78 is 5.41. The first-order valence-corrected chi connectivity index (χ1v) is 4.72. The van der Waals surface area contributed by atoms with Crippen LogP contribution in [-0.4, -0.2) is 22.8 Å². The summed E-state index contributed by atoms with van der Waals surface area (Å²) in [6.45, 7) is 2.79. The first-order valence-electron chi connectivity index (χ1n) is 4.72. The number of aromatic nitrogens is 1. The van der Waals surface area contributed by atoms with Crippen LogP contribution in [0.2, 0.25) is 0 Å². The zero-order chi connectivity index (χ0) is 9.26. The maximum Gasteiger partial charge on any atom is 0.0991 e. The van der Waals surface area contributed by atoms with Crippen LogP contribution in [0.25, 0.3) is 0 Å². The molecule has 13 heavy (non-hydrogen) atoms. The highest BCUT2D eigenvalue weighted by atomic mass is 16.5. The smallest absolute Gasteiger partial charge is 0.0991 e. The Labute approximate surface area is 77.7 Å². The van der Waals surface area contributed by atoms with Crippen molar-refractivity contribution >= 4 is 0 Å². The topological polar surface area (TPSA) is 45.2 Å². The molecule has 2 heterocycles. The molecule has 1 aliphatic heterocycles. The Morgan fingerprint density at radius 2 is 2.54 bits per heavy atom. The third-order valence-corrected chi connectivity index (χ3v) is 2.78. The number of aliphatic hydroxyl groups excluding tert-OH is 1. The predicted molar refractivity (Wildman–Crippen MR) is 49.3 cm³/mol. The fraction of sp³-hybridized carbons (Fsp3) is 0.600. The van der Waals surface area contributed by atoms with Crippen molar-refractivity contribution in [1.82, 2.24) is 4.98 Å². The fourth-order valence-corrected chi connectivity index (χ4v) is 1.92. The van der Waals surface area contributed by atoms with Gasteiger partial charge in [-0.1, -0.05) is 0 Å². The summed E-state index contributed by atoms with van der Waals surface area (Å²) in [7, 11) is 0. The van der Waals surface area contributed by atoms with E-state index in [0.29, 0.717) is 0 Å². The molecule has 0 radical (unpaired) electrons. The lowest BCUT2D eigenvalue weighted by Gasteiger charge is -2.19. The Bertz CT molecular complexity index is 258. The summed E-state index contributed by atoms with van der Waals surface area (Å²) in [6, 6.07) is 3.81. The monoisotopic (exact) mass is 181 g/mol. The van der Waals surface area contributed by atoms with Gasteiger partial charge in [-0.3, -0.25) is 0 Å². The van der Waals surface area contributed by atoms with E-state index in [2.05, 4.69) is 4.98 Å². The molecular weight excluding hydrogens is 166 g/mol. The molecule has 1 fully saturated rings. The van der Waals surface area contributed by atoms with Gasteiger partial charge in [0.1, 0.15) is 0 Å². The number of ether oxygens (including phenoxy) is 1. The van der Waals surface area contributed by atoms with Crippen molar-refractivity contribution in [3.05, 3.63) is 24.0 Å². The Hall–Kier alpha value is -0.800. The molecule has 1 aliphatic rings. The summed E-state index contributed by atoms with van der Waals surface area (Å²) >= 11 is 0. The van der Waals surface area contributed by atoms with Gasteiger partial charge in [0.05, 0.1) is 12.2 Å². The van der Waals surface area contributed by atoms with Gasteiger partial charge in [0.25, 0.3) is 0 Å². The number of aromatic amines is 1. The average molecular weight is 181 g/mol. The SMILES string of the molecule is CC1OCCC1C(O)c1ccc[nH]1. The Morgan fingerprint density at radius 1 is 1.69 bits per heavy atom. The number of hydrogen-bond acceptors (Lipinski definition) is 2. The molecule has 3 heteroatoms. The van der Waals surface area contributed by atoms with E-state index < -0.39 is 6.10 Å². The maximum absolute atomic E-state index is 9.97. The van der Waals surface area contributed by atoms with Crippen molar-refractivity contribution in [1.29, 1.82) is 0 Å². The lowest BCUT2D eigenvalue weighted by Crippen LogP contribution is -2.19. The summed E-state index contributed by atoms with van der Waals surface area (Å²) in [4.78, 5) is 3.03. The molecule has 0 bridgehead atoms. The molecule has 1 saturated heterocycles. The van der Waals surface area contributed by atoms with Crippen LogP contribution in [0, 0.1) is 5.92 Å². The van der Waals surface area contributed by atoms with Crippen molar-refractivity contribution in [3.8, 4) is 0 Å². The molecule has 3 atom stereocenters. The van der Waals surface area contributed by atoms with Crippen LogP contribution >= 0.6 is 0 Å². The molecule has 2 N–H and O–H groups in total. The lowest BCUT2D eigenvalue weighted by molar-refractivity contribution is 0.0413. The molecule has 1 aromatic rings. The molecule has 0 spiro atoms. The van der Waals surface area contributed by atoms with Gasteiger partial charge in [0, 0.05) is 24.4 Å². The first kappa shape index (κ1) is 8.78. The van der Waals surface area contributed by atoms with E-state index in [1.54, 1.807) is 0 Å². The van der Waals surface area contributed by atoms with E-state index in [4.69, 9.17) is 4.74 Å².